The van der Waals surface area contributed by atoms with Gasteiger partial charge in [0.05, 0.1) is 16.3 Å². The van der Waals surface area contributed by atoms with Crippen LogP contribution in [-0.2, 0) is 15.7 Å². The van der Waals surface area contributed by atoms with Gasteiger partial charge in [0.15, 0.2) is 9.84 Å². The molecule has 114 valence electrons. The molecule has 21 heavy (non-hydrogen) atoms. The number of imidazole rings is 1. The quantitative estimate of drug-likeness (QED) is 0.811. The lowest BCUT2D eigenvalue weighted by atomic mass is 10.1. The van der Waals surface area contributed by atoms with Crippen molar-refractivity contribution in [1.82, 2.24) is 9.55 Å². The predicted octanol–water partition coefficient (Wildman–Crippen LogP) is 3.54. The highest BCUT2D eigenvalue weighted by Gasteiger charge is 2.27. The van der Waals surface area contributed by atoms with Crippen LogP contribution in [0.2, 0.25) is 0 Å². The van der Waals surface area contributed by atoms with Crippen molar-refractivity contribution < 1.29 is 8.42 Å². The third kappa shape index (κ3) is 2.57. The average Bonchev–Trinajstić information content (AvgIpc) is 2.99. The molecule has 3 rings (SSSR count). The second-order valence-electron chi connectivity index (χ2n) is 6.00. The Kier molecular flexibility index (Phi) is 3.74. The first kappa shape index (κ1) is 14.9. The molecule has 0 bridgehead atoms. The zero-order chi connectivity index (χ0) is 15.2. The molecule has 1 aromatic heterocycles. The highest BCUT2D eigenvalue weighted by molar-refractivity contribution is 7.91. The van der Waals surface area contributed by atoms with Crippen molar-refractivity contribution >= 4 is 32.5 Å². The summed E-state index contributed by atoms with van der Waals surface area (Å²) < 4.78 is 26.0. The number of alkyl halides is 1. The molecule has 0 aliphatic heterocycles. The fraction of sp³-hybridized carbons (Fsp3) is 0.533. The molecule has 1 fully saturated rings. The second kappa shape index (κ2) is 5.29. The molecule has 1 heterocycles. The molecule has 1 aliphatic rings. The van der Waals surface area contributed by atoms with Crippen LogP contribution in [-0.4, -0.2) is 24.2 Å². The zero-order valence-corrected chi connectivity index (χ0v) is 13.8. The van der Waals surface area contributed by atoms with Crippen LogP contribution in [0.25, 0.3) is 11.0 Å². The highest BCUT2D eigenvalue weighted by atomic mass is 35.5. The van der Waals surface area contributed by atoms with E-state index in [4.69, 9.17) is 11.6 Å². The van der Waals surface area contributed by atoms with Gasteiger partial charge in [-0.3, -0.25) is 0 Å². The maximum absolute atomic E-state index is 11.9. The van der Waals surface area contributed by atoms with Crippen molar-refractivity contribution in [2.24, 2.45) is 5.92 Å². The molecular weight excluding hydrogens is 308 g/mol. The number of sulfone groups is 1. The van der Waals surface area contributed by atoms with E-state index in [-0.39, 0.29) is 4.90 Å². The molecule has 0 spiro atoms. The Balaban J connectivity index is 2.25. The van der Waals surface area contributed by atoms with Crippen LogP contribution < -0.4 is 0 Å². The molecule has 2 aromatic rings. The molecule has 0 N–H and O–H groups in total. The summed E-state index contributed by atoms with van der Waals surface area (Å²) in [6.45, 7) is 2.25. The van der Waals surface area contributed by atoms with E-state index in [0.717, 1.165) is 24.2 Å². The number of para-hydroxylation sites is 1. The largest absolute Gasteiger partial charge is 0.324 e. The lowest BCUT2D eigenvalue weighted by Gasteiger charge is -2.16. The van der Waals surface area contributed by atoms with Gasteiger partial charge in [0.25, 0.3) is 0 Å². The van der Waals surface area contributed by atoms with Crippen LogP contribution in [0.4, 0.5) is 0 Å². The fourth-order valence-electron chi connectivity index (χ4n) is 3.35. The Bertz CT molecular complexity index is 782. The summed E-state index contributed by atoms with van der Waals surface area (Å²) in [5.41, 5.74) is 1.43. The molecule has 2 atom stereocenters. The first-order valence-electron chi connectivity index (χ1n) is 7.17. The normalized spacial score (nSPS) is 23.0. The van der Waals surface area contributed by atoms with Gasteiger partial charge in [0.1, 0.15) is 11.3 Å². The van der Waals surface area contributed by atoms with Gasteiger partial charge in [-0.1, -0.05) is 13.0 Å². The van der Waals surface area contributed by atoms with E-state index in [1.165, 1.54) is 12.7 Å². The van der Waals surface area contributed by atoms with Gasteiger partial charge in [-0.05, 0) is 37.3 Å². The van der Waals surface area contributed by atoms with Gasteiger partial charge in [-0.15, -0.1) is 11.6 Å². The van der Waals surface area contributed by atoms with E-state index in [9.17, 15) is 8.42 Å². The second-order valence-corrected chi connectivity index (χ2v) is 8.25. The van der Waals surface area contributed by atoms with Crippen molar-refractivity contribution in [2.45, 2.75) is 43.0 Å². The van der Waals surface area contributed by atoms with Crippen LogP contribution in [0, 0.1) is 5.92 Å². The van der Waals surface area contributed by atoms with Crippen molar-refractivity contribution in [1.29, 1.82) is 0 Å². The Labute approximate surface area is 130 Å². The maximum atomic E-state index is 11.9. The summed E-state index contributed by atoms with van der Waals surface area (Å²) in [4.78, 5) is 4.81. The molecule has 0 saturated heterocycles. The molecule has 4 nitrogen and oxygen atoms in total. The average molecular weight is 327 g/mol. The summed E-state index contributed by atoms with van der Waals surface area (Å²) in [5, 5.41) is 0. The van der Waals surface area contributed by atoms with E-state index in [1.807, 2.05) is 6.07 Å². The maximum Gasteiger partial charge on any atom is 0.177 e. The lowest BCUT2D eigenvalue weighted by molar-refractivity contribution is 0.494. The van der Waals surface area contributed by atoms with Crippen LogP contribution in [0.3, 0.4) is 0 Å². The third-order valence-electron chi connectivity index (χ3n) is 4.31. The van der Waals surface area contributed by atoms with Crippen LogP contribution >= 0.6 is 11.6 Å². The molecule has 0 amide bonds. The van der Waals surface area contributed by atoms with Gasteiger partial charge in [-0.2, -0.15) is 0 Å². The number of hydrogen-bond donors (Lipinski definition) is 0. The number of hydrogen-bond acceptors (Lipinski definition) is 3. The Hall–Kier alpha value is -1.07. The van der Waals surface area contributed by atoms with Crippen molar-refractivity contribution in [3.8, 4) is 0 Å². The van der Waals surface area contributed by atoms with Gasteiger partial charge < -0.3 is 4.57 Å². The fourth-order valence-corrected chi connectivity index (χ4v) is 4.37. The highest BCUT2D eigenvalue weighted by Crippen LogP contribution is 2.38. The summed E-state index contributed by atoms with van der Waals surface area (Å²) in [6, 6.07) is 5.71. The van der Waals surface area contributed by atoms with Gasteiger partial charge >= 0.3 is 0 Å². The van der Waals surface area contributed by atoms with Gasteiger partial charge in [-0.25, -0.2) is 13.4 Å². The molecule has 1 aliphatic carbocycles. The van der Waals surface area contributed by atoms with Crippen LogP contribution in [0.5, 0.6) is 0 Å². The molecule has 1 aromatic carbocycles. The minimum absolute atomic E-state index is 0.288. The molecular formula is C15H19ClN2O2S. The Morgan fingerprint density at radius 3 is 2.71 bits per heavy atom. The lowest BCUT2D eigenvalue weighted by Crippen LogP contribution is -2.08. The summed E-state index contributed by atoms with van der Waals surface area (Å²) in [7, 11) is -3.29. The number of aromatic nitrogens is 2. The monoisotopic (exact) mass is 326 g/mol. The topological polar surface area (TPSA) is 52.0 Å². The number of halogens is 1. The van der Waals surface area contributed by atoms with Crippen LogP contribution in [0.15, 0.2) is 23.1 Å². The number of rotatable bonds is 3. The SMILES string of the molecule is CC1CCC(n2c(CCl)nc3c(S(C)(=O)=O)cccc32)C1. The number of fused-ring (bicyclic) bond motifs is 1. The Morgan fingerprint density at radius 2 is 2.14 bits per heavy atom. The van der Waals surface area contributed by atoms with Gasteiger partial charge in [0, 0.05) is 12.3 Å². The predicted molar refractivity (Wildman–Crippen MR) is 84.5 cm³/mol. The zero-order valence-electron chi connectivity index (χ0n) is 12.2. The van der Waals surface area contributed by atoms with Crippen molar-refractivity contribution in [3.05, 3.63) is 24.0 Å². The van der Waals surface area contributed by atoms with E-state index in [1.54, 1.807) is 12.1 Å². The molecule has 6 heteroatoms. The summed E-state index contributed by atoms with van der Waals surface area (Å²) >= 11 is 6.05. The minimum atomic E-state index is -3.29. The first-order valence-corrected chi connectivity index (χ1v) is 9.60. The van der Waals surface area contributed by atoms with E-state index in [2.05, 4.69) is 16.5 Å². The van der Waals surface area contributed by atoms with Gasteiger partial charge in [0.2, 0.25) is 0 Å². The third-order valence-corrected chi connectivity index (χ3v) is 5.67. The van der Waals surface area contributed by atoms with E-state index >= 15 is 0 Å². The molecule has 0 radical (unpaired) electrons. The van der Waals surface area contributed by atoms with E-state index in [0.29, 0.717) is 23.4 Å². The number of nitrogens with zero attached hydrogens (tertiary/aromatic N) is 2. The van der Waals surface area contributed by atoms with E-state index < -0.39 is 9.84 Å². The first-order chi connectivity index (χ1) is 9.91. The Morgan fingerprint density at radius 1 is 1.38 bits per heavy atom. The number of benzene rings is 1. The van der Waals surface area contributed by atoms with Crippen molar-refractivity contribution in [2.75, 3.05) is 6.26 Å². The van der Waals surface area contributed by atoms with Crippen molar-refractivity contribution in [3.63, 3.8) is 0 Å². The molecule has 1 saturated carbocycles. The summed E-state index contributed by atoms with van der Waals surface area (Å²) in [6.07, 6.45) is 4.61. The minimum Gasteiger partial charge on any atom is -0.324 e. The summed E-state index contributed by atoms with van der Waals surface area (Å²) in [5.74, 6) is 1.75. The smallest absolute Gasteiger partial charge is 0.177 e. The standard InChI is InChI=1S/C15H19ClN2O2S/c1-10-6-7-11(8-10)18-12-4-3-5-13(21(2,19)20)15(12)17-14(18)9-16/h3-5,10-11H,6-9H2,1-2H3. The van der Waals surface area contributed by atoms with Crippen LogP contribution in [0.1, 0.15) is 38.1 Å². The molecule has 2 unspecified atom stereocenters.